The fourth-order valence-electron chi connectivity index (χ4n) is 3.39. The second kappa shape index (κ2) is 9.74. The summed E-state index contributed by atoms with van der Waals surface area (Å²) < 4.78 is 6.95. The number of nitrogens with zero attached hydrogens (tertiary/aromatic N) is 3. The minimum absolute atomic E-state index is 0.149. The molecule has 8 heteroatoms. The average molecular weight is 429 g/mol. The van der Waals surface area contributed by atoms with Crippen molar-refractivity contribution >= 4 is 22.5 Å². The number of hydrogen-bond donors (Lipinski definition) is 2. The summed E-state index contributed by atoms with van der Waals surface area (Å²) in [6, 6.07) is 17.8. The topological polar surface area (TPSA) is 98.1 Å². The van der Waals surface area contributed by atoms with E-state index in [9.17, 15) is 9.59 Å². The maximum atomic E-state index is 12.9. The molecule has 2 N–H and O–H groups in total. The van der Waals surface area contributed by atoms with Gasteiger partial charge < -0.3 is 15.4 Å². The number of rotatable bonds is 7. The summed E-state index contributed by atoms with van der Waals surface area (Å²) >= 11 is 0. The van der Waals surface area contributed by atoms with E-state index in [-0.39, 0.29) is 12.1 Å². The van der Waals surface area contributed by atoms with E-state index in [1.807, 2.05) is 49.4 Å². The summed E-state index contributed by atoms with van der Waals surface area (Å²) in [6.07, 6.45) is 3.38. The molecule has 4 aromatic rings. The van der Waals surface area contributed by atoms with Gasteiger partial charge in [-0.3, -0.25) is 9.78 Å². The van der Waals surface area contributed by atoms with Crippen LogP contribution in [0, 0.1) is 0 Å². The monoisotopic (exact) mass is 429 g/mol. The van der Waals surface area contributed by atoms with E-state index in [0.717, 1.165) is 5.56 Å². The van der Waals surface area contributed by atoms with Crippen molar-refractivity contribution in [2.75, 3.05) is 11.9 Å². The summed E-state index contributed by atoms with van der Waals surface area (Å²) in [5.41, 5.74) is 1.84. The number of ether oxygens (including phenoxy) is 1. The number of para-hydroxylation sites is 2. The third-order valence-electron chi connectivity index (χ3n) is 4.85. The molecule has 0 bridgehead atoms. The molecule has 0 fully saturated rings. The zero-order valence-corrected chi connectivity index (χ0v) is 17.6. The van der Waals surface area contributed by atoms with Crippen LogP contribution in [0.4, 0.5) is 10.5 Å². The van der Waals surface area contributed by atoms with Crippen molar-refractivity contribution in [1.82, 2.24) is 20.1 Å². The van der Waals surface area contributed by atoms with Crippen molar-refractivity contribution in [3.8, 4) is 5.75 Å². The van der Waals surface area contributed by atoms with Crippen molar-refractivity contribution < 1.29 is 9.53 Å². The van der Waals surface area contributed by atoms with Gasteiger partial charge >= 0.3 is 6.03 Å². The lowest BCUT2D eigenvalue weighted by Gasteiger charge is -2.14. The van der Waals surface area contributed by atoms with Crippen molar-refractivity contribution in [3.63, 3.8) is 0 Å². The van der Waals surface area contributed by atoms with Gasteiger partial charge in [0.05, 0.1) is 36.5 Å². The first kappa shape index (κ1) is 21.0. The normalized spacial score (nSPS) is 10.7. The van der Waals surface area contributed by atoms with E-state index < -0.39 is 6.03 Å². The van der Waals surface area contributed by atoms with Gasteiger partial charge in [-0.25, -0.2) is 9.48 Å². The molecule has 2 heterocycles. The maximum Gasteiger partial charge on any atom is 0.319 e. The highest BCUT2D eigenvalue weighted by atomic mass is 16.5. The molecule has 0 aliphatic carbocycles. The van der Waals surface area contributed by atoms with E-state index in [1.165, 1.54) is 4.68 Å². The van der Waals surface area contributed by atoms with Crippen LogP contribution in [0.3, 0.4) is 0 Å². The Hall–Kier alpha value is -4.20. The van der Waals surface area contributed by atoms with E-state index in [4.69, 9.17) is 4.74 Å². The van der Waals surface area contributed by atoms with Gasteiger partial charge in [0.1, 0.15) is 5.75 Å². The fourth-order valence-corrected chi connectivity index (χ4v) is 3.39. The van der Waals surface area contributed by atoms with Gasteiger partial charge in [0.25, 0.3) is 5.56 Å². The molecule has 0 spiro atoms. The van der Waals surface area contributed by atoms with Crippen LogP contribution in [0.25, 0.3) is 10.8 Å². The zero-order chi connectivity index (χ0) is 22.3. The van der Waals surface area contributed by atoms with E-state index in [1.54, 1.807) is 30.6 Å². The van der Waals surface area contributed by atoms with Crippen molar-refractivity contribution in [2.24, 2.45) is 0 Å². The molecule has 0 saturated carbocycles. The van der Waals surface area contributed by atoms with Gasteiger partial charge in [0.15, 0.2) is 0 Å². The number of nitrogens with one attached hydrogen (secondary N) is 2. The van der Waals surface area contributed by atoms with Crippen molar-refractivity contribution in [2.45, 2.75) is 20.0 Å². The molecule has 0 radical (unpaired) electrons. The molecule has 4 rings (SSSR count). The van der Waals surface area contributed by atoms with Crippen LogP contribution in [-0.4, -0.2) is 27.4 Å². The minimum Gasteiger partial charge on any atom is -0.492 e. The number of pyridine rings is 1. The second-order valence-corrected chi connectivity index (χ2v) is 7.05. The van der Waals surface area contributed by atoms with E-state index in [2.05, 4.69) is 20.7 Å². The highest BCUT2D eigenvalue weighted by Crippen LogP contribution is 2.23. The summed E-state index contributed by atoms with van der Waals surface area (Å²) in [7, 11) is 0. The lowest BCUT2D eigenvalue weighted by molar-refractivity contribution is 0.251. The van der Waals surface area contributed by atoms with Crippen LogP contribution in [0.5, 0.6) is 5.75 Å². The van der Waals surface area contributed by atoms with Gasteiger partial charge in [-0.2, -0.15) is 5.10 Å². The number of aromatic nitrogens is 3. The molecule has 0 unspecified atom stereocenters. The molecule has 2 aromatic heterocycles. The van der Waals surface area contributed by atoms with Crippen LogP contribution >= 0.6 is 0 Å². The first-order valence-electron chi connectivity index (χ1n) is 10.3. The number of urea groups is 1. The standard InChI is InChI=1S/C24H23N5O3/c1-2-32-22-12-6-5-11-20(22)27-24(31)26-15-21-18-9-3-4-10-19(18)23(30)29(28-21)16-17-8-7-13-25-14-17/h3-14H,2,15-16H2,1H3,(H2,26,27,31). The second-order valence-electron chi connectivity index (χ2n) is 7.05. The largest absolute Gasteiger partial charge is 0.492 e. The van der Waals surface area contributed by atoms with Crippen LogP contribution in [0.15, 0.2) is 77.9 Å². The number of hydrogen-bond acceptors (Lipinski definition) is 5. The van der Waals surface area contributed by atoms with E-state index >= 15 is 0 Å². The molecule has 2 aromatic carbocycles. The molecule has 0 aliphatic heterocycles. The number of fused-ring (bicyclic) bond motifs is 1. The summed E-state index contributed by atoms with van der Waals surface area (Å²) in [6.45, 7) is 2.82. The number of carbonyl (C=O) groups excluding carboxylic acids is 1. The third-order valence-corrected chi connectivity index (χ3v) is 4.85. The third kappa shape index (κ3) is 4.75. The van der Waals surface area contributed by atoms with Gasteiger partial charge in [-0.1, -0.05) is 36.4 Å². The lowest BCUT2D eigenvalue weighted by Crippen LogP contribution is -2.31. The van der Waals surface area contributed by atoms with Gasteiger partial charge in [-0.15, -0.1) is 0 Å². The van der Waals surface area contributed by atoms with Crippen LogP contribution < -0.4 is 20.9 Å². The summed E-state index contributed by atoms with van der Waals surface area (Å²) in [5.74, 6) is 0.596. The molecule has 2 amide bonds. The highest BCUT2D eigenvalue weighted by molar-refractivity contribution is 5.91. The fraction of sp³-hybridized carbons (Fsp3) is 0.167. The van der Waals surface area contributed by atoms with Gasteiger partial charge in [0, 0.05) is 17.8 Å². The average Bonchev–Trinajstić information content (AvgIpc) is 2.82. The first-order chi connectivity index (χ1) is 15.7. The minimum atomic E-state index is -0.395. The van der Waals surface area contributed by atoms with Crippen molar-refractivity contribution in [3.05, 3.63) is 94.7 Å². The van der Waals surface area contributed by atoms with Crippen LogP contribution in [0.2, 0.25) is 0 Å². The summed E-state index contributed by atoms with van der Waals surface area (Å²) in [4.78, 5) is 29.6. The smallest absolute Gasteiger partial charge is 0.319 e. The van der Waals surface area contributed by atoms with Crippen molar-refractivity contribution in [1.29, 1.82) is 0 Å². The molecule has 0 saturated heterocycles. The Morgan fingerprint density at radius 3 is 2.59 bits per heavy atom. The number of anilines is 1. The number of amides is 2. The number of benzene rings is 2. The van der Waals surface area contributed by atoms with Gasteiger partial charge in [-0.05, 0) is 36.8 Å². The Kier molecular flexibility index (Phi) is 6.41. The summed E-state index contributed by atoms with van der Waals surface area (Å²) in [5, 5.41) is 11.4. The molecular formula is C24H23N5O3. The predicted molar refractivity (Wildman–Crippen MR) is 123 cm³/mol. The highest BCUT2D eigenvalue weighted by Gasteiger charge is 2.13. The Balaban J connectivity index is 1.57. The first-order valence-corrected chi connectivity index (χ1v) is 10.3. The van der Waals surface area contributed by atoms with Crippen LogP contribution in [0.1, 0.15) is 18.2 Å². The Morgan fingerprint density at radius 2 is 1.81 bits per heavy atom. The van der Waals surface area contributed by atoms with E-state index in [0.29, 0.717) is 41.1 Å². The van der Waals surface area contributed by atoms with Crippen LogP contribution in [-0.2, 0) is 13.1 Å². The molecule has 162 valence electrons. The zero-order valence-electron chi connectivity index (χ0n) is 17.6. The molecular weight excluding hydrogens is 406 g/mol. The Bertz CT molecular complexity index is 1290. The lowest BCUT2D eigenvalue weighted by atomic mass is 10.1. The molecule has 32 heavy (non-hydrogen) atoms. The van der Waals surface area contributed by atoms with Gasteiger partial charge in [0.2, 0.25) is 0 Å². The maximum absolute atomic E-state index is 12.9. The predicted octanol–water partition coefficient (Wildman–Crippen LogP) is 3.56. The molecule has 8 nitrogen and oxygen atoms in total. The Labute approximate surface area is 184 Å². The molecule has 0 atom stereocenters. The number of carbonyl (C=O) groups is 1. The quantitative estimate of drug-likeness (QED) is 0.468. The molecule has 0 aliphatic rings. The Morgan fingerprint density at radius 1 is 1.03 bits per heavy atom. The SMILES string of the molecule is CCOc1ccccc1NC(=O)NCc1nn(Cc2cccnc2)c(=O)c2ccccc12.